The summed E-state index contributed by atoms with van der Waals surface area (Å²) in [6.45, 7) is 6.35. The summed E-state index contributed by atoms with van der Waals surface area (Å²) in [5.74, 6) is -0.814. The highest BCUT2D eigenvalue weighted by molar-refractivity contribution is 5.89. The second-order valence-corrected chi connectivity index (χ2v) is 9.12. The number of rotatable bonds is 8. The zero-order valence-electron chi connectivity index (χ0n) is 20.2. The lowest BCUT2D eigenvalue weighted by atomic mass is 9.94. The van der Waals surface area contributed by atoms with Crippen LogP contribution in [0.3, 0.4) is 0 Å². The van der Waals surface area contributed by atoms with E-state index in [0.29, 0.717) is 37.6 Å². The highest BCUT2D eigenvalue weighted by Crippen LogP contribution is 2.29. The molecule has 1 aliphatic rings. The smallest absolute Gasteiger partial charge is 0.320 e. The molecule has 1 fully saturated rings. The molecule has 186 valence electrons. The summed E-state index contributed by atoms with van der Waals surface area (Å²) in [6, 6.07) is 14.2. The summed E-state index contributed by atoms with van der Waals surface area (Å²) in [5, 5.41) is 10.6. The molecule has 9 heteroatoms. The fraction of sp³-hybridized carbons (Fsp3) is 0.385. The van der Waals surface area contributed by atoms with Crippen molar-refractivity contribution in [3.05, 3.63) is 77.5 Å². The number of nitrogens with zero attached hydrogens (tertiary/aromatic N) is 3. The van der Waals surface area contributed by atoms with Crippen LogP contribution < -0.4 is 10.6 Å². The third kappa shape index (κ3) is 6.04. The number of methoxy groups -OCH3 is 1. The molecule has 4 rings (SSSR count). The van der Waals surface area contributed by atoms with Gasteiger partial charge in [0.15, 0.2) is 0 Å². The Morgan fingerprint density at radius 3 is 2.49 bits per heavy atom. The molecule has 2 heterocycles. The molecule has 2 amide bonds. The summed E-state index contributed by atoms with van der Waals surface area (Å²) in [5.41, 5.74) is 2.20. The number of ether oxygens (including phenoxy) is 1. The van der Waals surface area contributed by atoms with Crippen LogP contribution in [-0.4, -0.2) is 60.1 Å². The van der Waals surface area contributed by atoms with Crippen LogP contribution in [0.4, 0.5) is 19.4 Å². The topological polar surface area (TPSA) is 71.4 Å². The van der Waals surface area contributed by atoms with Crippen molar-refractivity contribution in [1.82, 2.24) is 20.0 Å². The first kappa shape index (κ1) is 24.8. The van der Waals surface area contributed by atoms with Crippen molar-refractivity contribution in [3.8, 4) is 5.69 Å². The van der Waals surface area contributed by atoms with Crippen molar-refractivity contribution in [2.24, 2.45) is 0 Å². The van der Waals surface area contributed by atoms with Crippen molar-refractivity contribution >= 4 is 11.8 Å². The molecular weight excluding hydrogens is 452 g/mol. The molecule has 0 aliphatic carbocycles. The Hall–Kier alpha value is -3.30. The number of para-hydroxylation sites is 1. The van der Waals surface area contributed by atoms with Gasteiger partial charge in [-0.1, -0.05) is 32.0 Å². The summed E-state index contributed by atoms with van der Waals surface area (Å²) >= 11 is 0. The van der Waals surface area contributed by atoms with Crippen molar-refractivity contribution in [2.45, 2.75) is 31.7 Å². The molecular formula is C26H31F2N5O2. The second kappa shape index (κ2) is 11.0. The molecule has 7 nitrogen and oxygen atoms in total. The van der Waals surface area contributed by atoms with Crippen molar-refractivity contribution in [3.63, 3.8) is 0 Å². The predicted molar refractivity (Wildman–Crippen MR) is 131 cm³/mol. The van der Waals surface area contributed by atoms with Gasteiger partial charge in [0.2, 0.25) is 0 Å². The minimum absolute atomic E-state index is 0.181. The first-order valence-electron chi connectivity index (χ1n) is 11.7. The lowest BCUT2D eigenvalue weighted by Gasteiger charge is -2.21. The Balaban J connectivity index is 1.54. The lowest BCUT2D eigenvalue weighted by molar-refractivity contribution is 0.159. The molecule has 0 spiro atoms. The van der Waals surface area contributed by atoms with E-state index in [9.17, 15) is 13.6 Å². The normalized spacial score (nSPS) is 18.2. The maximum absolute atomic E-state index is 13.9. The number of urea groups is 1. The van der Waals surface area contributed by atoms with Gasteiger partial charge in [0.05, 0.1) is 24.0 Å². The van der Waals surface area contributed by atoms with E-state index >= 15 is 0 Å². The van der Waals surface area contributed by atoms with E-state index in [4.69, 9.17) is 4.74 Å². The number of carbonyl (C=O) groups excluding carboxylic acids is 1. The van der Waals surface area contributed by atoms with Crippen LogP contribution in [0.15, 0.2) is 54.6 Å². The van der Waals surface area contributed by atoms with Crippen LogP contribution >= 0.6 is 0 Å². The Bertz CT molecular complexity index is 1130. The number of carbonyl (C=O) groups is 1. The average molecular weight is 484 g/mol. The van der Waals surface area contributed by atoms with Gasteiger partial charge in [0, 0.05) is 44.8 Å². The van der Waals surface area contributed by atoms with E-state index in [-0.39, 0.29) is 17.9 Å². The van der Waals surface area contributed by atoms with Crippen molar-refractivity contribution in [1.29, 1.82) is 0 Å². The number of hydrogen-bond donors (Lipinski definition) is 2. The minimum atomic E-state index is -0.633. The molecule has 2 N–H and O–H groups in total. The number of amides is 2. The average Bonchev–Trinajstić information content (AvgIpc) is 3.42. The second-order valence-electron chi connectivity index (χ2n) is 9.12. The van der Waals surface area contributed by atoms with E-state index in [1.165, 1.54) is 12.1 Å². The Morgan fingerprint density at radius 1 is 1.11 bits per heavy atom. The van der Waals surface area contributed by atoms with Crippen LogP contribution in [0, 0.1) is 11.6 Å². The molecule has 1 saturated heterocycles. The van der Waals surface area contributed by atoms with Gasteiger partial charge >= 0.3 is 6.03 Å². The fourth-order valence-electron chi connectivity index (χ4n) is 4.42. The number of aromatic nitrogens is 2. The third-order valence-electron chi connectivity index (χ3n) is 6.20. The number of benzene rings is 2. The van der Waals surface area contributed by atoms with Crippen LogP contribution in [0.5, 0.6) is 0 Å². The third-order valence-corrected chi connectivity index (χ3v) is 6.20. The van der Waals surface area contributed by atoms with Gasteiger partial charge in [0.25, 0.3) is 0 Å². The maximum atomic E-state index is 13.9. The highest BCUT2D eigenvalue weighted by Gasteiger charge is 2.35. The Labute approximate surface area is 204 Å². The molecule has 3 aromatic rings. The molecule has 1 aromatic heterocycles. The van der Waals surface area contributed by atoms with Gasteiger partial charge in [-0.25, -0.2) is 18.3 Å². The Morgan fingerprint density at radius 2 is 1.83 bits per heavy atom. The SMILES string of the molecule is COCCN1C[C@@H](NC(=O)Nc2cc(C(C)C)nn2-c2ccccc2)[C@H](c2cc(F)cc(F)c2)C1. The summed E-state index contributed by atoms with van der Waals surface area (Å²) in [7, 11) is 1.62. The van der Waals surface area contributed by atoms with E-state index in [0.717, 1.165) is 17.4 Å². The summed E-state index contributed by atoms with van der Waals surface area (Å²) in [6.07, 6.45) is 0. The standard InChI is InChI=1S/C26H31F2N5O2/c1-17(2)23-14-25(33(31-23)21-7-5-4-6-8-21)30-26(34)29-24-16-32(9-10-35-3)15-22(24)18-11-19(27)13-20(28)12-18/h4-8,11-14,17,22,24H,9-10,15-16H2,1-3H3,(H2,29,30,34)/t22-,24+/m0/s1. The van der Waals surface area contributed by atoms with Gasteiger partial charge < -0.3 is 10.1 Å². The Kier molecular flexibility index (Phi) is 7.77. The molecule has 0 bridgehead atoms. The van der Waals surface area contributed by atoms with E-state index in [1.54, 1.807) is 11.8 Å². The van der Waals surface area contributed by atoms with Crippen molar-refractivity contribution in [2.75, 3.05) is 38.7 Å². The van der Waals surface area contributed by atoms with Crippen LogP contribution in [0.2, 0.25) is 0 Å². The van der Waals surface area contributed by atoms with Gasteiger partial charge in [-0.05, 0) is 35.7 Å². The first-order chi connectivity index (χ1) is 16.8. The predicted octanol–water partition coefficient (Wildman–Crippen LogP) is 4.51. The van der Waals surface area contributed by atoms with Crippen LogP contribution in [-0.2, 0) is 4.74 Å². The largest absolute Gasteiger partial charge is 0.383 e. The van der Waals surface area contributed by atoms with E-state index in [1.807, 2.05) is 50.2 Å². The monoisotopic (exact) mass is 483 g/mol. The van der Waals surface area contributed by atoms with E-state index < -0.39 is 17.7 Å². The highest BCUT2D eigenvalue weighted by atomic mass is 19.1. The first-order valence-corrected chi connectivity index (χ1v) is 11.7. The molecule has 35 heavy (non-hydrogen) atoms. The zero-order valence-corrected chi connectivity index (χ0v) is 20.2. The molecule has 1 aliphatic heterocycles. The van der Waals surface area contributed by atoms with Gasteiger partial charge in [-0.3, -0.25) is 10.2 Å². The van der Waals surface area contributed by atoms with Crippen molar-refractivity contribution < 1.29 is 18.3 Å². The number of anilines is 1. The quantitative estimate of drug-likeness (QED) is 0.495. The number of nitrogens with one attached hydrogen (secondary N) is 2. The fourth-order valence-corrected chi connectivity index (χ4v) is 4.42. The molecule has 0 radical (unpaired) electrons. The lowest BCUT2D eigenvalue weighted by Crippen LogP contribution is -2.42. The van der Waals surface area contributed by atoms with Gasteiger partial charge in [-0.2, -0.15) is 5.10 Å². The zero-order chi connectivity index (χ0) is 24.9. The van der Waals surface area contributed by atoms with Gasteiger partial charge in [0.1, 0.15) is 17.5 Å². The number of likely N-dealkylation sites (tertiary alicyclic amines) is 1. The molecule has 2 atom stereocenters. The molecule has 2 aromatic carbocycles. The van der Waals surface area contributed by atoms with Gasteiger partial charge in [-0.15, -0.1) is 0 Å². The number of halogens is 2. The van der Waals surface area contributed by atoms with Crippen LogP contribution in [0.1, 0.15) is 36.9 Å². The maximum Gasteiger partial charge on any atom is 0.320 e. The molecule has 0 saturated carbocycles. The van der Waals surface area contributed by atoms with E-state index in [2.05, 4.69) is 20.6 Å². The number of hydrogen-bond acceptors (Lipinski definition) is 4. The van der Waals surface area contributed by atoms with Crippen LogP contribution in [0.25, 0.3) is 5.69 Å². The minimum Gasteiger partial charge on any atom is -0.383 e. The summed E-state index contributed by atoms with van der Waals surface area (Å²) in [4.78, 5) is 15.2. The molecule has 0 unspecified atom stereocenters. The summed E-state index contributed by atoms with van der Waals surface area (Å²) < 4.78 is 34.8.